The maximum Gasteiger partial charge on any atom is 0.0600 e. The lowest BCUT2D eigenvalue weighted by molar-refractivity contribution is 1.02. The summed E-state index contributed by atoms with van der Waals surface area (Å²) in [6.07, 6.45) is 6.75. The molecule has 0 bridgehead atoms. The summed E-state index contributed by atoms with van der Waals surface area (Å²) in [5, 5.41) is 2.74. The second-order valence-corrected chi connectivity index (χ2v) is 6.34. The Morgan fingerprint density at radius 3 is 2.56 bits per heavy atom. The lowest BCUT2D eigenvalue weighted by Gasteiger charge is -2.20. The standard InChI is InChI=1S/C15H13Br/c1-10-11-5-3-4-6-12(11)13-7-8-15(2,16)9-14(10)13/h3-9H,1-2H3. The van der Waals surface area contributed by atoms with Crippen molar-refractivity contribution in [3.05, 3.63) is 58.5 Å². The molecule has 2 aliphatic rings. The highest BCUT2D eigenvalue weighted by Crippen LogP contribution is 2.35. The summed E-state index contributed by atoms with van der Waals surface area (Å²) in [6, 6.07) is 8.63. The largest absolute Gasteiger partial charge is 0.0765 e. The Balaban J connectivity index is 2.43. The van der Waals surface area contributed by atoms with Gasteiger partial charge in [0.05, 0.1) is 4.32 Å². The molecule has 1 unspecified atom stereocenters. The Bertz CT molecular complexity index is 642. The van der Waals surface area contributed by atoms with E-state index in [0.29, 0.717) is 0 Å². The van der Waals surface area contributed by atoms with Crippen LogP contribution in [-0.2, 0) is 0 Å². The van der Waals surface area contributed by atoms with Crippen molar-refractivity contribution in [2.45, 2.75) is 18.2 Å². The Hall–Kier alpha value is -1.08. The van der Waals surface area contributed by atoms with Crippen LogP contribution in [0, 0.1) is 0 Å². The first-order valence-electron chi connectivity index (χ1n) is 5.50. The molecule has 0 heterocycles. The van der Waals surface area contributed by atoms with Gasteiger partial charge in [-0.3, -0.25) is 0 Å². The molecule has 0 nitrogen and oxygen atoms in total. The number of hydrogen-bond donors (Lipinski definition) is 0. The van der Waals surface area contributed by atoms with Crippen LogP contribution in [0.25, 0.3) is 11.1 Å². The molecule has 0 aromatic heterocycles. The molecule has 0 radical (unpaired) electrons. The zero-order chi connectivity index (χ0) is 11.3. The fraction of sp³-hybridized carbons (Fsp3) is 0.200. The molecule has 0 saturated carbocycles. The highest BCUT2D eigenvalue weighted by atomic mass is 79.9. The summed E-state index contributed by atoms with van der Waals surface area (Å²) in [5.41, 5.74) is 4.13. The fourth-order valence-electron chi connectivity index (χ4n) is 2.48. The van der Waals surface area contributed by atoms with Crippen molar-refractivity contribution in [1.82, 2.24) is 0 Å². The maximum absolute atomic E-state index is 3.71. The zero-order valence-corrected chi connectivity index (χ0v) is 11.0. The number of benzene rings is 1. The molecule has 80 valence electrons. The van der Waals surface area contributed by atoms with E-state index in [1.165, 1.54) is 27.2 Å². The smallest absolute Gasteiger partial charge is 0.0600 e. The van der Waals surface area contributed by atoms with Crippen molar-refractivity contribution in [3.63, 3.8) is 0 Å². The summed E-state index contributed by atoms with van der Waals surface area (Å²) in [4.78, 5) is 0. The van der Waals surface area contributed by atoms with Crippen LogP contribution in [0.4, 0.5) is 0 Å². The van der Waals surface area contributed by atoms with E-state index in [4.69, 9.17) is 0 Å². The van der Waals surface area contributed by atoms with Crippen molar-refractivity contribution < 1.29 is 0 Å². The molecule has 0 saturated heterocycles. The van der Waals surface area contributed by atoms with Crippen molar-refractivity contribution in [3.8, 4) is 0 Å². The number of halogens is 1. The highest BCUT2D eigenvalue weighted by Gasteiger charge is 2.24. The Labute approximate surface area is 104 Å². The minimum Gasteiger partial charge on any atom is -0.0765 e. The first-order chi connectivity index (χ1) is 7.58. The molecule has 1 aromatic rings. The van der Waals surface area contributed by atoms with Crippen LogP contribution in [0.3, 0.4) is 0 Å². The molecule has 0 spiro atoms. The van der Waals surface area contributed by atoms with Gasteiger partial charge in [-0.05, 0) is 41.0 Å². The normalized spacial score (nSPS) is 26.6. The third-order valence-electron chi connectivity index (χ3n) is 3.32. The van der Waals surface area contributed by atoms with Crippen LogP contribution in [0.5, 0.6) is 0 Å². The van der Waals surface area contributed by atoms with Gasteiger partial charge in [-0.2, -0.15) is 0 Å². The van der Waals surface area contributed by atoms with Gasteiger partial charge in [0.25, 0.3) is 0 Å². The molecule has 1 heteroatoms. The second kappa shape index (κ2) is 3.21. The van der Waals surface area contributed by atoms with Crippen molar-refractivity contribution in [2.75, 3.05) is 0 Å². The molecule has 0 fully saturated rings. The average molecular weight is 273 g/mol. The van der Waals surface area contributed by atoms with E-state index in [1.807, 2.05) is 0 Å². The van der Waals surface area contributed by atoms with Gasteiger partial charge in [0, 0.05) is 0 Å². The third-order valence-corrected chi connectivity index (χ3v) is 3.81. The Kier molecular flexibility index (Phi) is 2.02. The first kappa shape index (κ1) is 10.1. The summed E-state index contributed by atoms with van der Waals surface area (Å²) in [7, 11) is 0. The molecule has 3 rings (SSSR count). The highest BCUT2D eigenvalue weighted by molar-refractivity contribution is 9.10. The molecule has 16 heavy (non-hydrogen) atoms. The van der Waals surface area contributed by atoms with Gasteiger partial charge in [-0.1, -0.05) is 58.4 Å². The van der Waals surface area contributed by atoms with Crippen LogP contribution < -0.4 is 10.4 Å². The predicted octanol–water partition coefficient (Wildman–Crippen LogP) is 2.67. The number of fused-ring (bicyclic) bond motifs is 2. The van der Waals surface area contributed by atoms with Gasteiger partial charge in [0.2, 0.25) is 0 Å². The first-order valence-corrected chi connectivity index (χ1v) is 6.30. The van der Waals surface area contributed by atoms with Crippen molar-refractivity contribution in [1.29, 1.82) is 0 Å². The fourth-order valence-corrected chi connectivity index (χ4v) is 2.84. The zero-order valence-electron chi connectivity index (χ0n) is 9.42. The third kappa shape index (κ3) is 1.35. The molecule has 0 aliphatic heterocycles. The van der Waals surface area contributed by atoms with E-state index in [0.717, 1.165) is 0 Å². The Morgan fingerprint density at radius 2 is 1.81 bits per heavy atom. The monoisotopic (exact) mass is 272 g/mol. The molecule has 1 aromatic carbocycles. The molecular weight excluding hydrogens is 260 g/mol. The number of rotatable bonds is 0. The predicted molar refractivity (Wildman–Crippen MR) is 72.7 cm³/mol. The molecule has 1 atom stereocenters. The van der Waals surface area contributed by atoms with Gasteiger partial charge < -0.3 is 0 Å². The van der Waals surface area contributed by atoms with Crippen LogP contribution in [0.1, 0.15) is 13.8 Å². The van der Waals surface area contributed by atoms with E-state index in [2.05, 4.69) is 72.3 Å². The van der Waals surface area contributed by atoms with Crippen LogP contribution in [0.2, 0.25) is 0 Å². The molecule has 0 N–H and O–H groups in total. The summed E-state index contributed by atoms with van der Waals surface area (Å²) in [6.45, 7) is 4.38. The minimum absolute atomic E-state index is 0.00483. The number of alkyl halides is 1. The summed E-state index contributed by atoms with van der Waals surface area (Å²) in [5.74, 6) is 0. The van der Waals surface area contributed by atoms with Crippen LogP contribution in [0.15, 0.2) is 48.1 Å². The van der Waals surface area contributed by atoms with Gasteiger partial charge in [-0.25, -0.2) is 0 Å². The number of allylic oxidation sites excluding steroid dienone is 4. The summed E-state index contributed by atoms with van der Waals surface area (Å²) >= 11 is 3.71. The van der Waals surface area contributed by atoms with Gasteiger partial charge >= 0.3 is 0 Å². The molecule has 2 aliphatic carbocycles. The van der Waals surface area contributed by atoms with Gasteiger partial charge in [-0.15, -0.1) is 0 Å². The SMILES string of the molecule is CC1=c2ccccc2=C2C=CC(C)(Br)C=C12. The molecular formula is C15H13Br. The topological polar surface area (TPSA) is 0 Å². The van der Waals surface area contributed by atoms with E-state index in [-0.39, 0.29) is 4.32 Å². The van der Waals surface area contributed by atoms with Crippen molar-refractivity contribution >= 4 is 27.1 Å². The maximum atomic E-state index is 3.71. The van der Waals surface area contributed by atoms with Crippen LogP contribution >= 0.6 is 15.9 Å². The average Bonchev–Trinajstić information content (AvgIpc) is 2.52. The van der Waals surface area contributed by atoms with E-state index in [9.17, 15) is 0 Å². The lowest BCUT2D eigenvalue weighted by Crippen LogP contribution is -2.22. The van der Waals surface area contributed by atoms with E-state index >= 15 is 0 Å². The minimum atomic E-state index is -0.00483. The van der Waals surface area contributed by atoms with Gasteiger partial charge in [0.15, 0.2) is 0 Å². The second-order valence-electron chi connectivity index (χ2n) is 4.63. The van der Waals surface area contributed by atoms with Gasteiger partial charge in [0.1, 0.15) is 0 Å². The van der Waals surface area contributed by atoms with E-state index in [1.54, 1.807) is 0 Å². The van der Waals surface area contributed by atoms with Crippen molar-refractivity contribution in [2.24, 2.45) is 0 Å². The quantitative estimate of drug-likeness (QED) is 0.637. The van der Waals surface area contributed by atoms with Crippen LogP contribution in [-0.4, -0.2) is 4.32 Å². The van der Waals surface area contributed by atoms with E-state index < -0.39 is 0 Å². The lowest BCUT2D eigenvalue weighted by atomic mass is 9.92. The molecule has 0 amide bonds. The summed E-state index contributed by atoms with van der Waals surface area (Å²) < 4.78 is -0.00483. The Morgan fingerprint density at radius 1 is 1.12 bits per heavy atom. The number of hydrogen-bond acceptors (Lipinski definition) is 0.